The van der Waals surface area contributed by atoms with Crippen LogP contribution in [0.4, 0.5) is 32.2 Å². The number of benzene rings is 1. The number of amides is 2. The molecule has 0 spiro atoms. The molecular weight excluding hydrogens is 490 g/mol. The van der Waals surface area contributed by atoms with E-state index in [1.54, 1.807) is 12.1 Å². The predicted molar refractivity (Wildman–Crippen MR) is 119 cm³/mol. The molecule has 192 valence electrons. The Labute approximate surface area is 202 Å². The molecule has 1 fully saturated rings. The number of hydrogen-bond acceptors (Lipinski definition) is 4. The number of carbonyl (C=O) groups excluding carboxylic acids is 2. The minimum atomic E-state index is -4.54. The lowest BCUT2D eigenvalue weighted by molar-refractivity contribution is -0.138. The zero-order valence-corrected chi connectivity index (χ0v) is 18.9. The number of hydrogen-bond donors (Lipinski definition) is 1. The van der Waals surface area contributed by atoms with Gasteiger partial charge in [-0.1, -0.05) is 18.2 Å². The normalized spacial score (nSPS) is 19.3. The number of halogens is 6. The molecule has 12 heteroatoms. The molecule has 3 heterocycles. The zero-order valence-electron chi connectivity index (χ0n) is 18.9. The lowest BCUT2D eigenvalue weighted by Crippen LogP contribution is -2.57. The zero-order chi connectivity index (χ0) is 26.1. The molecule has 1 N–H and O–H groups in total. The molecule has 6 nitrogen and oxygen atoms in total. The molecule has 0 saturated carbocycles. The highest BCUT2D eigenvalue weighted by Crippen LogP contribution is 2.33. The average molecular weight is 512 g/mol. The Balaban J connectivity index is 1.38. The van der Waals surface area contributed by atoms with Crippen LogP contribution in [-0.4, -0.2) is 53.9 Å². The molecule has 0 aliphatic carbocycles. The Morgan fingerprint density at radius 3 is 2.39 bits per heavy atom. The Hall–Kier alpha value is -3.41. The number of pyridine rings is 1. The minimum absolute atomic E-state index is 0.0681. The number of anilines is 1. The summed E-state index contributed by atoms with van der Waals surface area (Å²) in [4.78, 5) is 32.3. The van der Waals surface area contributed by atoms with Crippen LogP contribution < -0.4 is 10.2 Å². The van der Waals surface area contributed by atoms with Gasteiger partial charge in [0.15, 0.2) is 0 Å². The molecule has 1 unspecified atom stereocenters. The van der Waals surface area contributed by atoms with E-state index in [0.29, 0.717) is 30.3 Å². The highest BCUT2D eigenvalue weighted by Gasteiger charge is 2.35. The van der Waals surface area contributed by atoms with Gasteiger partial charge in [-0.25, -0.2) is 4.98 Å². The molecule has 4 rings (SSSR count). The molecule has 2 amide bonds. The summed E-state index contributed by atoms with van der Waals surface area (Å²) in [6.45, 7) is 0.988. The summed E-state index contributed by atoms with van der Waals surface area (Å²) in [5, 5.41) is 2.96. The average Bonchev–Trinajstić information content (AvgIpc) is 2.84. The van der Waals surface area contributed by atoms with Crippen molar-refractivity contribution in [3.05, 3.63) is 65.4 Å². The molecule has 0 bridgehead atoms. The van der Waals surface area contributed by atoms with Crippen LogP contribution in [0.25, 0.3) is 5.57 Å². The second-order valence-electron chi connectivity index (χ2n) is 8.50. The van der Waals surface area contributed by atoms with Gasteiger partial charge in [0.05, 0.1) is 23.6 Å². The molecule has 2 aromatic rings. The second-order valence-corrected chi connectivity index (χ2v) is 8.50. The number of aromatic nitrogens is 1. The summed E-state index contributed by atoms with van der Waals surface area (Å²) >= 11 is 0. The van der Waals surface area contributed by atoms with E-state index in [1.165, 1.54) is 15.9 Å². The summed E-state index contributed by atoms with van der Waals surface area (Å²) in [6, 6.07) is 6.11. The first-order valence-electron chi connectivity index (χ1n) is 11.2. The van der Waals surface area contributed by atoms with Crippen LogP contribution in [-0.2, 0) is 21.9 Å². The maximum Gasteiger partial charge on any atom is 0.417 e. The topological polar surface area (TPSA) is 65.5 Å². The van der Waals surface area contributed by atoms with Gasteiger partial charge >= 0.3 is 12.4 Å². The van der Waals surface area contributed by atoms with Crippen LogP contribution in [0.15, 0.2) is 48.7 Å². The van der Waals surface area contributed by atoms with Crippen LogP contribution >= 0.6 is 0 Å². The summed E-state index contributed by atoms with van der Waals surface area (Å²) in [5.41, 5.74) is -0.520. The third-order valence-electron chi connectivity index (χ3n) is 6.14. The van der Waals surface area contributed by atoms with Crippen molar-refractivity contribution < 1.29 is 35.9 Å². The van der Waals surface area contributed by atoms with E-state index >= 15 is 0 Å². The van der Waals surface area contributed by atoms with Gasteiger partial charge in [-0.05, 0) is 41.8 Å². The third kappa shape index (κ3) is 5.69. The Bertz CT molecular complexity index is 1160. The van der Waals surface area contributed by atoms with E-state index in [4.69, 9.17) is 0 Å². The second kappa shape index (κ2) is 9.92. The van der Waals surface area contributed by atoms with Crippen LogP contribution in [0.2, 0.25) is 0 Å². The highest BCUT2D eigenvalue weighted by atomic mass is 19.4. The van der Waals surface area contributed by atoms with Crippen molar-refractivity contribution in [1.82, 2.24) is 15.2 Å². The first-order valence-corrected chi connectivity index (χ1v) is 11.2. The largest absolute Gasteiger partial charge is 0.417 e. The number of piperazine rings is 1. The van der Waals surface area contributed by atoms with Crippen molar-refractivity contribution in [3.63, 3.8) is 0 Å². The van der Waals surface area contributed by atoms with Gasteiger partial charge < -0.3 is 10.2 Å². The van der Waals surface area contributed by atoms with E-state index in [2.05, 4.69) is 10.3 Å². The lowest BCUT2D eigenvalue weighted by atomic mass is 9.97. The van der Waals surface area contributed by atoms with Crippen LogP contribution in [0.1, 0.15) is 29.5 Å². The van der Waals surface area contributed by atoms with Gasteiger partial charge in [0.2, 0.25) is 11.8 Å². The number of nitrogens with zero attached hydrogens (tertiary/aromatic N) is 3. The molecular formula is C24H22F6N4O2. The highest BCUT2D eigenvalue weighted by molar-refractivity contribution is 5.99. The van der Waals surface area contributed by atoms with Gasteiger partial charge in [-0.15, -0.1) is 0 Å². The smallest absolute Gasteiger partial charge is 0.339 e. The molecule has 2 aliphatic rings. The van der Waals surface area contributed by atoms with Crippen LogP contribution in [0.5, 0.6) is 0 Å². The lowest BCUT2D eigenvalue weighted by Gasteiger charge is -2.34. The first kappa shape index (κ1) is 25.7. The number of rotatable bonds is 4. The molecule has 2 aliphatic heterocycles. The van der Waals surface area contributed by atoms with E-state index < -0.39 is 35.4 Å². The quantitative estimate of drug-likeness (QED) is 0.626. The van der Waals surface area contributed by atoms with Crippen molar-refractivity contribution >= 4 is 23.2 Å². The maximum atomic E-state index is 13.0. The van der Waals surface area contributed by atoms with Gasteiger partial charge in [0.1, 0.15) is 5.82 Å². The third-order valence-corrected chi connectivity index (χ3v) is 6.14. The fourth-order valence-corrected chi connectivity index (χ4v) is 4.19. The summed E-state index contributed by atoms with van der Waals surface area (Å²) in [5.74, 6) is -0.722. The summed E-state index contributed by atoms with van der Waals surface area (Å²) in [7, 11) is 0. The predicted octanol–water partition coefficient (Wildman–Crippen LogP) is 4.13. The Kier molecular flexibility index (Phi) is 7.07. The number of alkyl halides is 6. The van der Waals surface area contributed by atoms with Gasteiger partial charge in [-0.2, -0.15) is 26.3 Å². The van der Waals surface area contributed by atoms with E-state index in [0.717, 1.165) is 24.3 Å². The molecule has 36 heavy (non-hydrogen) atoms. The van der Waals surface area contributed by atoms with Gasteiger partial charge in [0, 0.05) is 32.4 Å². The van der Waals surface area contributed by atoms with Gasteiger partial charge in [-0.3, -0.25) is 14.5 Å². The van der Waals surface area contributed by atoms with Crippen molar-refractivity contribution in [3.8, 4) is 0 Å². The monoisotopic (exact) mass is 512 g/mol. The number of nitrogens with one attached hydrogen (secondary N) is 1. The molecule has 0 radical (unpaired) electrons. The molecule has 1 aromatic carbocycles. The summed E-state index contributed by atoms with van der Waals surface area (Å²) < 4.78 is 77.4. The number of carbonyl (C=O) groups is 2. The minimum Gasteiger partial charge on any atom is -0.339 e. The first-order chi connectivity index (χ1) is 16.9. The SMILES string of the molecule is O=C(CC1NCCN(c2ccc(C(F)(F)F)cn2)C1=O)N1CC=C(c2cccc(C(F)(F)F)c2)CC1. The van der Waals surface area contributed by atoms with E-state index in [9.17, 15) is 35.9 Å². The molecule has 1 aromatic heterocycles. The fourth-order valence-electron chi connectivity index (χ4n) is 4.19. The van der Waals surface area contributed by atoms with E-state index in [-0.39, 0.29) is 37.8 Å². The fraction of sp³-hybridized carbons (Fsp3) is 0.375. The van der Waals surface area contributed by atoms with Crippen molar-refractivity contribution in [1.29, 1.82) is 0 Å². The van der Waals surface area contributed by atoms with Gasteiger partial charge in [0.25, 0.3) is 0 Å². The molecule has 1 saturated heterocycles. The maximum absolute atomic E-state index is 13.0. The van der Waals surface area contributed by atoms with Crippen molar-refractivity contribution in [2.45, 2.75) is 31.2 Å². The Morgan fingerprint density at radius 1 is 1.03 bits per heavy atom. The van der Waals surface area contributed by atoms with Crippen LogP contribution in [0, 0.1) is 0 Å². The standard InChI is InChI=1S/C24H22F6N4O2/c25-23(26,27)17-3-1-2-16(12-17)15-6-9-33(10-7-15)21(35)13-19-22(36)34(11-8-31-19)20-5-4-18(14-32-20)24(28,29)30/h1-6,12,14,19,31H,7-11,13H2. The van der Waals surface area contributed by atoms with Crippen molar-refractivity contribution in [2.75, 3.05) is 31.1 Å². The van der Waals surface area contributed by atoms with Crippen molar-refractivity contribution in [2.24, 2.45) is 0 Å². The van der Waals surface area contributed by atoms with Crippen LogP contribution in [0.3, 0.4) is 0 Å². The molecule has 1 atom stereocenters. The Morgan fingerprint density at radius 2 is 1.78 bits per heavy atom. The van der Waals surface area contributed by atoms with E-state index in [1.807, 2.05) is 0 Å². The summed E-state index contributed by atoms with van der Waals surface area (Å²) in [6.07, 6.45) is -6.43.